The molecule has 1 aliphatic rings. The zero-order valence-electron chi connectivity index (χ0n) is 14.5. The zero-order valence-corrected chi connectivity index (χ0v) is 14.5. The van der Waals surface area contributed by atoms with E-state index in [0.717, 1.165) is 36.3 Å². The molecule has 0 saturated carbocycles. The third-order valence-electron chi connectivity index (χ3n) is 4.82. The number of hydrogen-bond donors (Lipinski definition) is 1. The molecule has 0 aliphatic carbocycles. The van der Waals surface area contributed by atoms with Crippen LogP contribution in [0.2, 0.25) is 0 Å². The van der Waals surface area contributed by atoms with E-state index in [1.54, 1.807) is 29.2 Å². The minimum atomic E-state index is -0.528. The highest BCUT2D eigenvalue weighted by Gasteiger charge is 2.22. The second-order valence-electron chi connectivity index (χ2n) is 6.63. The zero-order chi connectivity index (χ0) is 18.1. The number of carbonyl (C=O) groups excluding carboxylic acids is 1. The van der Waals surface area contributed by atoms with Crippen LogP contribution in [0.1, 0.15) is 34.9 Å². The first-order valence-electron chi connectivity index (χ1n) is 8.69. The topological polar surface area (TPSA) is 64.7 Å². The highest BCUT2D eigenvalue weighted by molar-refractivity contribution is 5.95. The van der Waals surface area contributed by atoms with E-state index in [9.17, 15) is 9.18 Å². The summed E-state index contributed by atoms with van der Waals surface area (Å²) in [5.74, 6) is 0.214. The van der Waals surface area contributed by atoms with E-state index in [4.69, 9.17) is 0 Å². The number of imidazole rings is 1. The van der Waals surface area contributed by atoms with Gasteiger partial charge in [-0.25, -0.2) is 9.37 Å². The summed E-state index contributed by atoms with van der Waals surface area (Å²) in [5, 5.41) is 6.99. The molecule has 134 valence electrons. The molecule has 4 rings (SSSR count). The van der Waals surface area contributed by atoms with Crippen molar-refractivity contribution in [3.05, 3.63) is 60.2 Å². The van der Waals surface area contributed by atoms with Crippen LogP contribution in [0.15, 0.2) is 43.0 Å². The first kappa shape index (κ1) is 16.5. The molecule has 0 saturated heterocycles. The molecule has 0 bridgehead atoms. The quantitative estimate of drug-likeness (QED) is 0.784. The average Bonchev–Trinajstić information content (AvgIpc) is 3.29. The lowest BCUT2D eigenvalue weighted by molar-refractivity contribution is 0.0945. The van der Waals surface area contributed by atoms with Gasteiger partial charge in [-0.3, -0.25) is 9.48 Å². The molecule has 3 heterocycles. The van der Waals surface area contributed by atoms with Crippen molar-refractivity contribution in [1.29, 1.82) is 0 Å². The standard InChI is InChI=1S/C19H20FN5O/c1-24-12-15(11-23-24)13-4-5-17(20)16(9-13)19(26)22-10-14-3-2-7-25-8-6-21-18(14)25/h4-6,8-9,11-12,14H,2-3,7,10H2,1H3,(H,22,26). The highest BCUT2D eigenvalue weighted by atomic mass is 19.1. The molecule has 2 aromatic heterocycles. The van der Waals surface area contributed by atoms with Crippen LogP contribution in [0.25, 0.3) is 11.1 Å². The largest absolute Gasteiger partial charge is 0.351 e. The summed E-state index contributed by atoms with van der Waals surface area (Å²) in [5.41, 5.74) is 1.65. The van der Waals surface area contributed by atoms with Crippen molar-refractivity contribution in [3.63, 3.8) is 0 Å². The van der Waals surface area contributed by atoms with Gasteiger partial charge in [0.1, 0.15) is 11.6 Å². The molecule has 26 heavy (non-hydrogen) atoms. The van der Waals surface area contributed by atoms with E-state index in [0.29, 0.717) is 6.54 Å². The number of fused-ring (bicyclic) bond motifs is 1. The Bertz CT molecular complexity index is 945. The SMILES string of the molecule is Cn1cc(-c2ccc(F)c(C(=O)NCC3CCCn4ccnc43)c2)cn1. The van der Waals surface area contributed by atoms with E-state index in [1.807, 2.05) is 19.4 Å². The third-order valence-corrected chi connectivity index (χ3v) is 4.82. The highest BCUT2D eigenvalue weighted by Crippen LogP contribution is 2.25. The van der Waals surface area contributed by atoms with Crippen molar-refractivity contribution in [1.82, 2.24) is 24.6 Å². The molecule has 1 unspecified atom stereocenters. The summed E-state index contributed by atoms with van der Waals surface area (Å²) in [7, 11) is 1.81. The molecule has 1 N–H and O–H groups in total. The molecule has 0 fully saturated rings. The van der Waals surface area contributed by atoms with E-state index in [-0.39, 0.29) is 11.5 Å². The molecule has 0 spiro atoms. The molecule has 7 heteroatoms. The van der Waals surface area contributed by atoms with Gasteiger partial charge in [0, 0.05) is 50.2 Å². The number of carbonyl (C=O) groups is 1. The molecule has 1 atom stereocenters. The van der Waals surface area contributed by atoms with Gasteiger partial charge in [0.05, 0.1) is 11.8 Å². The Balaban J connectivity index is 1.50. The Morgan fingerprint density at radius 3 is 3.08 bits per heavy atom. The van der Waals surface area contributed by atoms with Crippen LogP contribution < -0.4 is 5.32 Å². The number of amides is 1. The van der Waals surface area contributed by atoms with Crippen molar-refractivity contribution in [2.75, 3.05) is 6.54 Å². The fraction of sp³-hybridized carbons (Fsp3) is 0.316. The van der Waals surface area contributed by atoms with Crippen LogP contribution in [0, 0.1) is 5.82 Å². The van der Waals surface area contributed by atoms with Gasteiger partial charge in [-0.15, -0.1) is 0 Å². The van der Waals surface area contributed by atoms with Gasteiger partial charge >= 0.3 is 0 Å². The predicted molar refractivity (Wildman–Crippen MR) is 95.1 cm³/mol. The van der Waals surface area contributed by atoms with Gasteiger partial charge < -0.3 is 9.88 Å². The molecular formula is C19H20FN5O. The van der Waals surface area contributed by atoms with Gasteiger partial charge in [0.15, 0.2) is 0 Å². The van der Waals surface area contributed by atoms with E-state index >= 15 is 0 Å². The second kappa shape index (κ2) is 6.74. The number of aromatic nitrogens is 4. The molecule has 1 aliphatic heterocycles. The third kappa shape index (κ3) is 3.12. The van der Waals surface area contributed by atoms with Crippen LogP contribution in [0.5, 0.6) is 0 Å². The lowest BCUT2D eigenvalue weighted by Crippen LogP contribution is -2.31. The first-order valence-corrected chi connectivity index (χ1v) is 8.69. The monoisotopic (exact) mass is 353 g/mol. The van der Waals surface area contributed by atoms with Crippen molar-refractivity contribution in [3.8, 4) is 11.1 Å². The summed E-state index contributed by atoms with van der Waals surface area (Å²) in [6, 6.07) is 4.55. The van der Waals surface area contributed by atoms with Crippen LogP contribution in [0.3, 0.4) is 0 Å². The number of nitrogens with one attached hydrogen (secondary N) is 1. The number of benzene rings is 1. The number of rotatable bonds is 4. The van der Waals surface area contributed by atoms with Crippen molar-refractivity contribution >= 4 is 5.91 Å². The van der Waals surface area contributed by atoms with Gasteiger partial charge in [0.25, 0.3) is 5.91 Å². The van der Waals surface area contributed by atoms with Crippen LogP contribution in [-0.2, 0) is 13.6 Å². The Hall–Kier alpha value is -2.96. The number of halogens is 1. The second-order valence-corrected chi connectivity index (χ2v) is 6.63. The summed E-state index contributed by atoms with van der Waals surface area (Å²) >= 11 is 0. The maximum atomic E-state index is 14.2. The summed E-state index contributed by atoms with van der Waals surface area (Å²) in [6.07, 6.45) is 9.28. The number of hydrogen-bond acceptors (Lipinski definition) is 3. The van der Waals surface area contributed by atoms with E-state index in [1.165, 1.54) is 6.07 Å². The molecule has 1 amide bonds. The van der Waals surface area contributed by atoms with Crippen molar-refractivity contribution in [2.24, 2.45) is 7.05 Å². The molecule has 1 aromatic carbocycles. The van der Waals surface area contributed by atoms with Gasteiger partial charge in [-0.2, -0.15) is 5.10 Å². The fourth-order valence-electron chi connectivity index (χ4n) is 3.46. The van der Waals surface area contributed by atoms with Crippen LogP contribution in [-0.4, -0.2) is 31.8 Å². The van der Waals surface area contributed by atoms with Crippen LogP contribution in [0.4, 0.5) is 4.39 Å². The van der Waals surface area contributed by atoms with Crippen molar-refractivity contribution in [2.45, 2.75) is 25.3 Å². The molecule has 3 aromatic rings. The maximum Gasteiger partial charge on any atom is 0.254 e. The molecule has 0 radical (unpaired) electrons. The normalized spacial score (nSPS) is 16.3. The Labute approximate surface area is 150 Å². The molecular weight excluding hydrogens is 333 g/mol. The fourth-order valence-corrected chi connectivity index (χ4v) is 3.46. The van der Waals surface area contributed by atoms with Gasteiger partial charge in [-0.1, -0.05) is 6.07 Å². The smallest absolute Gasteiger partial charge is 0.254 e. The lowest BCUT2D eigenvalue weighted by Gasteiger charge is -2.23. The van der Waals surface area contributed by atoms with Gasteiger partial charge in [-0.05, 0) is 30.5 Å². The maximum absolute atomic E-state index is 14.2. The minimum Gasteiger partial charge on any atom is -0.351 e. The number of nitrogens with zero attached hydrogens (tertiary/aromatic N) is 4. The van der Waals surface area contributed by atoms with Gasteiger partial charge in [0.2, 0.25) is 0 Å². The van der Waals surface area contributed by atoms with E-state index < -0.39 is 11.7 Å². The minimum absolute atomic E-state index is 0.0468. The predicted octanol–water partition coefficient (Wildman–Crippen LogP) is 2.73. The van der Waals surface area contributed by atoms with Crippen LogP contribution >= 0.6 is 0 Å². The van der Waals surface area contributed by atoms with Crippen molar-refractivity contribution < 1.29 is 9.18 Å². The summed E-state index contributed by atoms with van der Waals surface area (Å²) in [6.45, 7) is 1.41. The summed E-state index contributed by atoms with van der Waals surface area (Å²) < 4.78 is 18.0. The Morgan fingerprint density at radius 1 is 1.38 bits per heavy atom. The Morgan fingerprint density at radius 2 is 2.27 bits per heavy atom. The molecule has 6 nitrogen and oxygen atoms in total. The average molecular weight is 353 g/mol. The first-order chi connectivity index (χ1) is 12.6. The lowest BCUT2D eigenvalue weighted by atomic mass is 9.98. The number of aryl methyl sites for hydroxylation is 2. The summed E-state index contributed by atoms with van der Waals surface area (Å²) in [4.78, 5) is 16.9. The Kier molecular flexibility index (Phi) is 4.28. The van der Waals surface area contributed by atoms with E-state index in [2.05, 4.69) is 20.0 Å².